The van der Waals surface area contributed by atoms with Crippen LogP contribution < -0.4 is 10.2 Å². The fourth-order valence-electron chi connectivity index (χ4n) is 1.59. The second-order valence-corrected chi connectivity index (χ2v) is 3.29. The smallest absolute Gasteiger partial charge is 0.0420 e. The van der Waals surface area contributed by atoms with Crippen LogP contribution in [0.4, 0.5) is 0 Å². The van der Waals surface area contributed by atoms with Gasteiger partial charge in [0.1, 0.15) is 0 Å². The van der Waals surface area contributed by atoms with Gasteiger partial charge in [-0.2, -0.15) is 0 Å². The Balaban J connectivity index is 2.33. The minimum absolute atomic E-state index is 0.0277. The van der Waals surface area contributed by atoms with Crippen LogP contribution in [0.5, 0.6) is 0 Å². The van der Waals surface area contributed by atoms with Crippen LogP contribution in [0.15, 0.2) is 12.2 Å². The Morgan fingerprint density at radius 2 is 1.46 bits per heavy atom. The van der Waals surface area contributed by atoms with E-state index >= 15 is 0 Å². The van der Waals surface area contributed by atoms with Gasteiger partial charge in [0.05, 0.1) is 0 Å². The molecule has 0 unspecified atom stereocenters. The molecule has 0 spiro atoms. The summed E-state index contributed by atoms with van der Waals surface area (Å²) in [6, 6.07) is 0. The first-order valence-corrected chi connectivity index (χ1v) is 4.16. The van der Waals surface area contributed by atoms with E-state index in [1.165, 1.54) is 0 Å². The van der Waals surface area contributed by atoms with E-state index in [-0.39, 0.29) is 24.7 Å². The summed E-state index contributed by atoms with van der Waals surface area (Å²) >= 11 is 0. The largest absolute Gasteiger partial charge is 0.550 e. The number of carbonyl (C=O) groups is 2. The van der Waals surface area contributed by atoms with Crippen molar-refractivity contribution in [2.45, 2.75) is 19.3 Å². The minimum atomic E-state index is -1.09. The van der Waals surface area contributed by atoms with Crippen LogP contribution in [0.1, 0.15) is 19.3 Å². The summed E-state index contributed by atoms with van der Waals surface area (Å²) in [6.45, 7) is 0. The Hall–Kier alpha value is -1.32. The summed E-state index contributed by atoms with van der Waals surface area (Å²) in [5, 5.41) is 20.4. The summed E-state index contributed by atoms with van der Waals surface area (Å²) in [5.74, 6) is -2.34. The normalized spacial score (nSPS) is 26.2. The quantitative estimate of drug-likeness (QED) is 0.493. The van der Waals surface area contributed by atoms with Crippen LogP contribution in [0.2, 0.25) is 0 Å². The van der Waals surface area contributed by atoms with Gasteiger partial charge in [-0.25, -0.2) is 0 Å². The molecule has 0 aromatic heterocycles. The molecule has 4 heteroatoms. The number of hydrogen-bond acceptors (Lipinski definition) is 4. The van der Waals surface area contributed by atoms with Crippen molar-refractivity contribution in [3.63, 3.8) is 0 Å². The van der Waals surface area contributed by atoms with Crippen LogP contribution in [0, 0.1) is 11.8 Å². The van der Waals surface area contributed by atoms with Crippen LogP contribution >= 0.6 is 0 Å². The molecule has 0 saturated carbocycles. The third kappa shape index (κ3) is 3.27. The zero-order chi connectivity index (χ0) is 9.84. The van der Waals surface area contributed by atoms with E-state index in [1.54, 1.807) is 12.2 Å². The van der Waals surface area contributed by atoms with Crippen molar-refractivity contribution < 1.29 is 19.8 Å². The second kappa shape index (κ2) is 4.07. The molecule has 0 fully saturated rings. The molecule has 0 aromatic rings. The minimum Gasteiger partial charge on any atom is -0.550 e. The van der Waals surface area contributed by atoms with E-state index < -0.39 is 11.9 Å². The van der Waals surface area contributed by atoms with E-state index in [0.29, 0.717) is 6.42 Å². The Labute approximate surface area is 75.9 Å². The molecule has 0 bridgehead atoms. The molecule has 1 aliphatic carbocycles. The number of rotatable bonds is 4. The molecular formula is C9H10O4-2. The van der Waals surface area contributed by atoms with Crippen LogP contribution in [0.25, 0.3) is 0 Å². The summed E-state index contributed by atoms with van der Waals surface area (Å²) < 4.78 is 0. The average Bonchev–Trinajstić information content (AvgIpc) is 2.33. The van der Waals surface area contributed by atoms with Crippen molar-refractivity contribution in [1.82, 2.24) is 0 Å². The van der Waals surface area contributed by atoms with Gasteiger partial charge >= 0.3 is 0 Å². The molecule has 1 rings (SSSR count). The standard InChI is InChI=1S/C9H12O4/c10-8(11)4-6-1-2-7(3-6)5-9(12)13/h1-2,6-7H,3-5H2,(H,10,11)(H,12,13)/p-2/t6-,7+. The van der Waals surface area contributed by atoms with Crippen LogP contribution in [-0.2, 0) is 9.59 Å². The van der Waals surface area contributed by atoms with Crippen molar-refractivity contribution in [1.29, 1.82) is 0 Å². The Kier molecular flexibility index (Phi) is 3.06. The molecular weight excluding hydrogens is 172 g/mol. The molecule has 2 atom stereocenters. The highest BCUT2D eigenvalue weighted by molar-refractivity contribution is 5.66. The predicted octanol–water partition coefficient (Wildman–Crippen LogP) is -1.54. The number of aliphatic carboxylic acids is 2. The van der Waals surface area contributed by atoms with Crippen molar-refractivity contribution in [2.75, 3.05) is 0 Å². The van der Waals surface area contributed by atoms with Crippen molar-refractivity contribution >= 4 is 11.9 Å². The zero-order valence-corrected chi connectivity index (χ0v) is 7.06. The van der Waals surface area contributed by atoms with Gasteiger partial charge in [0.15, 0.2) is 0 Å². The molecule has 0 N–H and O–H groups in total. The lowest BCUT2D eigenvalue weighted by Gasteiger charge is -2.12. The van der Waals surface area contributed by atoms with Crippen molar-refractivity contribution in [2.24, 2.45) is 11.8 Å². The molecule has 4 nitrogen and oxygen atoms in total. The number of allylic oxidation sites excluding steroid dienone is 2. The number of carboxylic acids is 2. The molecule has 0 radical (unpaired) electrons. The first-order valence-electron chi connectivity index (χ1n) is 4.16. The third-order valence-corrected chi connectivity index (χ3v) is 2.12. The van der Waals surface area contributed by atoms with Gasteiger partial charge in [0.25, 0.3) is 0 Å². The fraction of sp³-hybridized carbons (Fsp3) is 0.556. The maximum Gasteiger partial charge on any atom is 0.0420 e. The SMILES string of the molecule is O=C([O-])C[C@H]1C=C[C@@H](CC(=O)[O-])C1. The lowest BCUT2D eigenvalue weighted by Crippen LogP contribution is -2.26. The monoisotopic (exact) mass is 182 g/mol. The highest BCUT2D eigenvalue weighted by Gasteiger charge is 2.18. The Bertz CT molecular complexity index is 220. The highest BCUT2D eigenvalue weighted by atomic mass is 16.4. The molecule has 72 valence electrons. The lowest BCUT2D eigenvalue weighted by molar-refractivity contribution is -0.307. The van der Waals surface area contributed by atoms with Gasteiger partial charge in [0, 0.05) is 11.9 Å². The second-order valence-electron chi connectivity index (χ2n) is 3.29. The topological polar surface area (TPSA) is 80.3 Å². The van der Waals surface area contributed by atoms with Crippen LogP contribution in [-0.4, -0.2) is 11.9 Å². The summed E-state index contributed by atoms with van der Waals surface area (Å²) in [5.41, 5.74) is 0. The molecule has 0 aliphatic heterocycles. The molecule has 13 heavy (non-hydrogen) atoms. The molecule has 0 aromatic carbocycles. The molecule has 0 heterocycles. The Morgan fingerprint density at radius 1 is 1.08 bits per heavy atom. The van der Waals surface area contributed by atoms with Gasteiger partial charge < -0.3 is 19.8 Å². The van der Waals surface area contributed by atoms with E-state index in [4.69, 9.17) is 0 Å². The van der Waals surface area contributed by atoms with Crippen molar-refractivity contribution in [3.05, 3.63) is 12.2 Å². The van der Waals surface area contributed by atoms with E-state index in [1.807, 2.05) is 0 Å². The summed E-state index contributed by atoms with van der Waals surface area (Å²) in [4.78, 5) is 20.4. The zero-order valence-electron chi connectivity index (χ0n) is 7.06. The third-order valence-electron chi connectivity index (χ3n) is 2.12. The van der Waals surface area contributed by atoms with Gasteiger partial charge in [-0.1, -0.05) is 12.2 Å². The molecule has 1 aliphatic rings. The Morgan fingerprint density at radius 3 is 1.77 bits per heavy atom. The first-order chi connectivity index (χ1) is 6.08. The summed E-state index contributed by atoms with van der Waals surface area (Å²) in [6.07, 6.45) is 3.99. The lowest BCUT2D eigenvalue weighted by atomic mass is 9.98. The van der Waals surface area contributed by atoms with Gasteiger partial charge in [-0.15, -0.1) is 0 Å². The van der Waals surface area contributed by atoms with E-state index in [2.05, 4.69) is 0 Å². The van der Waals surface area contributed by atoms with E-state index in [0.717, 1.165) is 0 Å². The van der Waals surface area contributed by atoms with Crippen molar-refractivity contribution in [3.8, 4) is 0 Å². The first kappa shape index (κ1) is 9.77. The maximum absolute atomic E-state index is 10.2. The molecule has 0 amide bonds. The number of carboxylic acid groups (broad SMARTS) is 2. The number of carbonyl (C=O) groups excluding carboxylic acids is 2. The maximum atomic E-state index is 10.2. The van der Waals surface area contributed by atoms with E-state index in [9.17, 15) is 19.8 Å². The van der Waals surface area contributed by atoms with Gasteiger partial charge in [-0.3, -0.25) is 0 Å². The van der Waals surface area contributed by atoms with Gasteiger partial charge in [0.2, 0.25) is 0 Å². The molecule has 0 saturated heterocycles. The predicted molar refractivity (Wildman–Crippen MR) is 40.0 cm³/mol. The number of hydrogen-bond donors (Lipinski definition) is 0. The highest BCUT2D eigenvalue weighted by Crippen LogP contribution is 2.27. The average molecular weight is 182 g/mol. The van der Waals surface area contributed by atoms with Gasteiger partial charge in [-0.05, 0) is 31.1 Å². The van der Waals surface area contributed by atoms with Crippen LogP contribution in [0.3, 0.4) is 0 Å². The summed E-state index contributed by atoms with van der Waals surface area (Å²) in [7, 11) is 0. The fourth-order valence-corrected chi connectivity index (χ4v) is 1.59.